The molecule has 1 aromatic heterocycles. The third-order valence-corrected chi connectivity index (χ3v) is 4.74. The largest absolute Gasteiger partial charge is 0.322 e. The summed E-state index contributed by atoms with van der Waals surface area (Å²) in [4.78, 5) is 15.0. The van der Waals surface area contributed by atoms with E-state index in [2.05, 4.69) is 46.5 Å². The van der Waals surface area contributed by atoms with E-state index in [1.807, 2.05) is 48.5 Å². The van der Waals surface area contributed by atoms with Crippen molar-refractivity contribution in [2.75, 3.05) is 11.9 Å². The Morgan fingerprint density at radius 3 is 2.54 bits per heavy atom. The van der Waals surface area contributed by atoms with E-state index in [0.717, 1.165) is 18.7 Å². The highest BCUT2D eigenvalue weighted by Crippen LogP contribution is 2.20. The Kier molecular flexibility index (Phi) is 6.16. The fourth-order valence-corrected chi connectivity index (χ4v) is 3.07. The van der Waals surface area contributed by atoms with Gasteiger partial charge in [-0.15, -0.1) is 5.10 Å². The smallest absolute Gasteiger partial charge is 0.255 e. The lowest BCUT2D eigenvalue weighted by atomic mass is 10.1. The van der Waals surface area contributed by atoms with E-state index < -0.39 is 0 Å². The van der Waals surface area contributed by atoms with Crippen LogP contribution in [0.2, 0.25) is 0 Å². The molecule has 1 N–H and O–H groups in total. The minimum atomic E-state index is -0.143. The summed E-state index contributed by atoms with van der Waals surface area (Å²) in [6, 6.07) is 15.7. The number of nitrogens with one attached hydrogen (secondary N) is 1. The molecule has 2 aromatic carbocycles. The number of carbonyl (C=O) groups excluding carboxylic acids is 1. The molecule has 0 aliphatic heterocycles. The van der Waals surface area contributed by atoms with Gasteiger partial charge >= 0.3 is 0 Å². The highest BCUT2D eigenvalue weighted by Gasteiger charge is 2.11. The lowest BCUT2D eigenvalue weighted by molar-refractivity contribution is 0.102. The monoisotopic (exact) mass is 378 g/mol. The number of anilines is 1. The zero-order valence-corrected chi connectivity index (χ0v) is 16.8. The number of rotatable bonds is 7. The molecule has 0 saturated heterocycles. The van der Waals surface area contributed by atoms with Gasteiger partial charge in [0.15, 0.2) is 5.82 Å². The summed E-state index contributed by atoms with van der Waals surface area (Å²) in [6.45, 7) is 8.42. The standard InChI is InChI=1S/C21H26N6O/c1-5-27(15(2)3)14-16-9-11-17(12-10-16)21(28)22-19-8-6-7-18(13-19)20-23-24-25-26(20)4/h6-13,15H,5,14H2,1-4H3,(H,22,28). The lowest BCUT2D eigenvalue weighted by Crippen LogP contribution is -2.29. The maximum absolute atomic E-state index is 12.6. The predicted molar refractivity (Wildman–Crippen MR) is 110 cm³/mol. The molecule has 0 unspecified atom stereocenters. The van der Waals surface area contributed by atoms with Crippen LogP contribution in [-0.2, 0) is 13.6 Å². The molecule has 146 valence electrons. The molecule has 7 heteroatoms. The van der Waals surface area contributed by atoms with Gasteiger partial charge in [0.25, 0.3) is 5.91 Å². The average Bonchev–Trinajstić information content (AvgIpc) is 3.12. The molecule has 3 aromatic rings. The van der Waals surface area contributed by atoms with Gasteiger partial charge in [0.05, 0.1) is 0 Å². The van der Waals surface area contributed by atoms with Gasteiger partial charge < -0.3 is 5.32 Å². The number of aromatic nitrogens is 4. The first-order valence-corrected chi connectivity index (χ1v) is 9.45. The van der Waals surface area contributed by atoms with Crippen LogP contribution >= 0.6 is 0 Å². The molecule has 3 rings (SSSR count). The van der Waals surface area contributed by atoms with E-state index >= 15 is 0 Å². The summed E-state index contributed by atoms with van der Waals surface area (Å²) < 4.78 is 1.59. The Bertz CT molecular complexity index is 932. The van der Waals surface area contributed by atoms with Crippen molar-refractivity contribution in [3.63, 3.8) is 0 Å². The van der Waals surface area contributed by atoms with Crippen LogP contribution in [-0.4, -0.2) is 43.6 Å². The molecule has 0 atom stereocenters. The fraction of sp³-hybridized carbons (Fsp3) is 0.333. The van der Waals surface area contributed by atoms with Gasteiger partial charge in [-0.05, 0) is 60.6 Å². The number of amides is 1. The lowest BCUT2D eigenvalue weighted by Gasteiger charge is -2.24. The van der Waals surface area contributed by atoms with Crippen molar-refractivity contribution in [3.05, 3.63) is 59.7 Å². The minimum absolute atomic E-state index is 0.143. The van der Waals surface area contributed by atoms with Gasteiger partial charge in [0.1, 0.15) is 0 Å². The van der Waals surface area contributed by atoms with Crippen LogP contribution in [0.4, 0.5) is 5.69 Å². The Labute approximate surface area is 165 Å². The van der Waals surface area contributed by atoms with Gasteiger partial charge in [-0.2, -0.15) is 0 Å². The first-order chi connectivity index (χ1) is 13.5. The molecule has 0 bridgehead atoms. The third kappa shape index (κ3) is 4.61. The molecule has 0 fully saturated rings. The molecule has 0 saturated carbocycles. The van der Waals surface area contributed by atoms with E-state index in [0.29, 0.717) is 23.1 Å². The van der Waals surface area contributed by atoms with Crippen molar-refractivity contribution in [1.82, 2.24) is 25.1 Å². The van der Waals surface area contributed by atoms with E-state index in [1.54, 1.807) is 11.7 Å². The van der Waals surface area contributed by atoms with Crippen LogP contribution < -0.4 is 5.32 Å². The quantitative estimate of drug-likeness (QED) is 0.682. The normalized spacial score (nSPS) is 11.2. The number of tetrazole rings is 1. The van der Waals surface area contributed by atoms with Crippen LogP contribution in [0.25, 0.3) is 11.4 Å². The van der Waals surface area contributed by atoms with Crippen molar-refractivity contribution in [2.24, 2.45) is 7.05 Å². The third-order valence-electron chi connectivity index (χ3n) is 4.74. The topological polar surface area (TPSA) is 75.9 Å². The average molecular weight is 378 g/mol. The summed E-state index contributed by atoms with van der Waals surface area (Å²) in [5.41, 5.74) is 3.37. The highest BCUT2D eigenvalue weighted by atomic mass is 16.1. The molecule has 1 heterocycles. The molecule has 0 radical (unpaired) electrons. The Balaban J connectivity index is 1.69. The summed E-state index contributed by atoms with van der Waals surface area (Å²) in [5.74, 6) is 0.502. The molecule has 0 aliphatic rings. The van der Waals surface area contributed by atoms with Crippen molar-refractivity contribution < 1.29 is 4.79 Å². The Morgan fingerprint density at radius 2 is 1.93 bits per heavy atom. The number of nitrogens with zero attached hydrogens (tertiary/aromatic N) is 5. The van der Waals surface area contributed by atoms with Gasteiger partial charge in [0.2, 0.25) is 0 Å². The first kappa shape index (κ1) is 19.7. The number of aryl methyl sites for hydroxylation is 1. The second-order valence-corrected chi connectivity index (χ2v) is 7.01. The summed E-state index contributed by atoms with van der Waals surface area (Å²) >= 11 is 0. The van der Waals surface area contributed by atoms with E-state index in [9.17, 15) is 4.79 Å². The molecule has 1 amide bonds. The maximum atomic E-state index is 12.6. The number of carbonyl (C=O) groups is 1. The van der Waals surface area contributed by atoms with Gasteiger partial charge in [-0.3, -0.25) is 9.69 Å². The van der Waals surface area contributed by atoms with Crippen molar-refractivity contribution in [3.8, 4) is 11.4 Å². The van der Waals surface area contributed by atoms with E-state index in [1.165, 1.54) is 5.56 Å². The highest BCUT2D eigenvalue weighted by molar-refractivity contribution is 6.04. The first-order valence-electron chi connectivity index (χ1n) is 9.45. The number of hydrogen-bond acceptors (Lipinski definition) is 5. The van der Waals surface area contributed by atoms with Crippen LogP contribution in [0.15, 0.2) is 48.5 Å². The van der Waals surface area contributed by atoms with Gasteiger partial charge in [-0.25, -0.2) is 4.68 Å². The Morgan fingerprint density at radius 1 is 1.18 bits per heavy atom. The number of benzene rings is 2. The van der Waals surface area contributed by atoms with Crippen molar-refractivity contribution >= 4 is 11.6 Å². The van der Waals surface area contributed by atoms with Gasteiger partial charge in [-0.1, -0.05) is 31.2 Å². The van der Waals surface area contributed by atoms with Crippen molar-refractivity contribution in [2.45, 2.75) is 33.4 Å². The van der Waals surface area contributed by atoms with E-state index in [-0.39, 0.29) is 5.91 Å². The fourth-order valence-electron chi connectivity index (χ4n) is 3.07. The van der Waals surface area contributed by atoms with Crippen LogP contribution in [0.3, 0.4) is 0 Å². The number of hydrogen-bond donors (Lipinski definition) is 1. The molecular formula is C21H26N6O. The molecule has 0 aliphatic carbocycles. The molecular weight excluding hydrogens is 352 g/mol. The second-order valence-electron chi connectivity index (χ2n) is 7.01. The van der Waals surface area contributed by atoms with Crippen LogP contribution in [0, 0.1) is 0 Å². The van der Waals surface area contributed by atoms with Gasteiger partial charge in [0, 0.05) is 36.4 Å². The van der Waals surface area contributed by atoms with E-state index in [4.69, 9.17) is 0 Å². The Hall–Kier alpha value is -3.06. The molecule has 28 heavy (non-hydrogen) atoms. The van der Waals surface area contributed by atoms with Crippen LogP contribution in [0.1, 0.15) is 36.7 Å². The summed E-state index contributed by atoms with van der Waals surface area (Å²) in [5, 5.41) is 14.4. The summed E-state index contributed by atoms with van der Waals surface area (Å²) in [7, 11) is 1.78. The second kappa shape index (κ2) is 8.75. The van der Waals surface area contributed by atoms with Crippen LogP contribution in [0.5, 0.6) is 0 Å². The zero-order chi connectivity index (χ0) is 20.1. The zero-order valence-electron chi connectivity index (χ0n) is 16.8. The van der Waals surface area contributed by atoms with Crippen molar-refractivity contribution in [1.29, 1.82) is 0 Å². The molecule has 0 spiro atoms. The predicted octanol–water partition coefficient (Wildman–Crippen LogP) is 3.36. The summed E-state index contributed by atoms with van der Waals surface area (Å²) in [6.07, 6.45) is 0. The SMILES string of the molecule is CCN(Cc1ccc(C(=O)Nc2cccc(-c3nnnn3C)c2)cc1)C(C)C. The maximum Gasteiger partial charge on any atom is 0.255 e. The minimum Gasteiger partial charge on any atom is -0.322 e. The molecule has 7 nitrogen and oxygen atoms in total.